The molecule has 0 radical (unpaired) electrons. The molecule has 0 aliphatic carbocycles. The van der Waals surface area contributed by atoms with Crippen LogP contribution < -0.4 is 29.6 Å². The zero-order valence-corrected chi connectivity index (χ0v) is 10.1. The Hall–Kier alpha value is -0.400. The number of hydrogen-bond acceptors (Lipinski definition) is 5. The molecule has 0 unspecified atom stereocenters. The standard InChI is InChI=1S/C7H5NO4S.Na/c9-13(10,11)7-8-5-3-1-2-4-6(5)12-7;/h1-4H,(H,9,10,11);/q;+1/p-1. The van der Waals surface area contributed by atoms with Crippen molar-refractivity contribution in [3.05, 3.63) is 24.3 Å². The second kappa shape index (κ2) is 4.00. The second-order valence-electron chi connectivity index (χ2n) is 2.40. The fraction of sp³-hybridized carbons (Fsp3) is 0. The van der Waals surface area contributed by atoms with Crippen molar-refractivity contribution in [2.75, 3.05) is 0 Å². The van der Waals surface area contributed by atoms with Gasteiger partial charge in [-0.1, -0.05) is 12.1 Å². The Morgan fingerprint density at radius 1 is 1.29 bits per heavy atom. The summed E-state index contributed by atoms with van der Waals surface area (Å²) in [4.78, 5) is 3.52. The Balaban J connectivity index is 0.000000980. The van der Waals surface area contributed by atoms with Crippen LogP contribution in [0.2, 0.25) is 0 Å². The zero-order chi connectivity index (χ0) is 9.47. The van der Waals surface area contributed by atoms with Crippen LogP contribution in [0.4, 0.5) is 0 Å². The van der Waals surface area contributed by atoms with Crippen molar-refractivity contribution in [2.24, 2.45) is 0 Å². The van der Waals surface area contributed by atoms with E-state index in [1.807, 2.05) is 0 Å². The molecule has 68 valence electrons. The number of oxazole rings is 1. The summed E-state index contributed by atoms with van der Waals surface area (Å²) < 4.78 is 36.2. The predicted molar refractivity (Wildman–Crippen MR) is 42.0 cm³/mol. The van der Waals surface area contributed by atoms with Crippen molar-refractivity contribution < 1.29 is 46.9 Å². The van der Waals surface area contributed by atoms with Gasteiger partial charge in [-0.25, -0.2) is 13.4 Å². The summed E-state index contributed by atoms with van der Waals surface area (Å²) in [5.74, 6) is 0. The quantitative estimate of drug-likeness (QED) is 0.400. The van der Waals surface area contributed by atoms with Crippen molar-refractivity contribution in [3.63, 3.8) is 0 Å². The molecular weight excluding hydrogens is 217 g/mol. The van der Waals surface area contributed by atoms with Gasteiger partial charge < -0.3 is 8.97 Å². The first kappa shape index (κ1) is 11.7. The SMILES string of the molecule is O=S(=O)([O-])c1nc2ccccc2o1.[Na+]. The van der Waals surface area contributed by atoms with Gasteiger partial charge in [-0.15, -0.1) is 0 Å². The Morgan fingerprint density at radius 2 is 1.93 bits per heavy atom. The molecule has 2 rings (SSSR count). The maximum Gasteiger partial charge on any atom is 1.00 e. The summed E-state index contributed by atoms with van der Waals surface area (Å²) in [5, 5.41) is -0.784. The van der Waals surface area contributed by atoms with Crippen LogP contribution in [0.25, 0.3) is 11.1 Å². The topological polar surface area (TPSA) is 83.2 Å². The first-order valence-corrected chi connectivity index (χ1v) is 4.80. The second-order valence-corrected chi connectivity index (χ2v) is 3.66. The monoisotopic (exact) mass is 221 g/mol. The molecule has 0 aliphatic rings. The van der Waals surface area contributed by atoms with Gasteiger partial charge in [-0.3, -0.25) is 0 Å². The largest absolute Gasteiger partial charge is 1.00 e. The van der Waals surface area contributed by atoms with Crippen LogP contribution in [0, 0.1) is 0 Å². The minimum absolute atomic E-state index is 0. The number of rotatable bonds is 1. The van der Waals surface area contributed by atoms with Gasteiger partial charge in [0.05, 0.1) is 0 Å². The van der Waals surface area contributed by atoms with Crippen LogP contribution in [0.5, 0.6) is 0 Å². The summed E-state index contributed by atoms with van der Waals surface area (Å²) in [6.45, 7) is 0. The molecule has 0 aliphatic heterocycles. The Bertz CT molecular complexity index is 515. The van der Waals surface area contributed by atoms with Gasteiger partial charge in [0.15, 0.2) is 15.7 Å². The van der Waals surface area contributed by atoms with Crippen LogP contribution >= 0.6 is 0 Å². The van der Waals surface area contributed by atoms with Crippen LogP contribution in [-0.2, 0) is 10.1 Å². The fourth-order valence-electron chi connectivity index (χ4n) is 0.958. The average Bonchev–Trinajstić information content (AvgIpc) is 2.45. The first-order chi connectivity index (χ1) is 6.07. The van der Waals surface area contributed by atoms with Gasteiger partial charge in [0.1, 0.15) is 5.52 Å². The van der Waals surface area contributed by atoms with Crippen molar-refractivity contribution >= 4 is 21.2 Å². The number of aromatic nitrogens is 1. The third-order valence-electron chi connectivity index (χ3n) is 1.49. The van der Waals surface area contributed by atoms with Gasteiger partial charge in [-0.2, -0.15) is 0 Å². The van der Waals surface area contributed by atoms with E-state index in [0.29, 0.717) is 5.52 Å². The van der Waals surface area contributed by atoms with E-state index in [4.69, 9.17) is 4.42 Å². The molecule has 5 nitrogen and oxygen atoms in total. The van der Waals surface area contributed by atoms with Crippen molar-refractivity contribution in [1.29, 1.82) is 0 Å². The van der Waals surface area contributed by atoms with E-state index in [0.717, 1.165) is 0 Å². The number of para-hydroxylation sites is 2. The molecule has 0 spiro atoms. The number of nitrogens with zero attached hydrogens (tertiary/aromatic N) is 1. The molecule has 7 heteroatoms. The van der Waals surface area contributed by atoms with E-state index in [1.54, 1.807) is 18.2 Å². The average molecular weight is 221 g/mol. The van der Waals surface area contributed by atoms with Gasteiger partial charge in [0.2, 0.25) is 0 Å². The molecule has 0 saturated heterocycles. The number of fused-ring (bicyclic) bond motifs is 1. The summed E-state index contributed by atoms with van der Waals surface area (Å²) >= 11 is 0. The zero-order valence-electron chi connectivity index (χ0n) is 7.30. The van der Waals surface area contributed by atoms with E-state index in [-0.39, 0.29) is 35.1 Å². The minimum atomic E-state index is -4.59. The summed E-state index contributed by atoms with van der Waals surface area (Å²) in [7, 11) is -4.59. The van der Waals surface area contributed by atoms with Gasteiger partial charge in [0, 0.05) is 0 Å². The molecule has 0 fully saturated rings. The van der Waals surface area contributed by atoms with E-state index in [9.17, 15) is 13.0 Å². The maximum atomic E-state index is 10.5. The molecular formula is C7H4NNaO4S. The molecule has 0 bridgehead atoms. The summed E-state index contributed by atoms with van der Waals surface area (Å²) in [6.07, 6.45) is 0. The van der Waals surface area contributed by atoms with Crippen LogP contribution in [-0.4, -0.2) is 18.0 Å². The Kier molecular flexibility index (Phi) is 3.33. The van der Waals surface area contributed by atoms with Crippen LogP contribution in [0.3, 0.4) is 0 Å². The van der Waals surface area contributed by atoms with E-state index in [1.165, 1.54) is 6.07 Å². The maximum absolute atomic E-state index is 10.5. The Labute approximate surface area is 102 Å². The van der Waals surface area contributed by atoms with Crippen LogP contribution in [0.15, 0.2) is 33.9 Å². The normalized spacial score (nSPS) is 11.2. The molecule has 0 amide bonds. The van der Waals surface area contributed by atoms with Crippen LogP contribution in [0.1, 0.15) is 0 Å². The summed E-state index contributed by atoms with van der Waals surface area (Å²) in [5.41, 5.74) is 0.647. The Morgan fingerprint density at radius 3 is 2.50 bits per heavy atom. The van der Waals surface area contributed by atoms with Crippen molar-refractivity contribution in [2.45, 2.75) is 5.22 Å². The predicted octanol–water partition coefficient (Wildman–Crippen LogP) is -2.26. The van der Waals surface area contributed by atoms with Gasteiger partial charge >= 0.3 is 34.8 Å². The molecule has 1 heterocycles. The van der Waals surface area contributed by atoms with Gasteiger partial charge in [-0.05, 0) is 12.1 Å². The van der Waals surface area contributed by atoms with E-state index >= 15 is 0 Å². The molecule has 14 heavy (non-hydrogen) atoms. The summed E-state index contributed by atoms with van der Waals surface area (Å²) in [6, 6.07) is 6.44. The minimum Gasteiger partial charge on any atom is -0.740 e. The third kappa shape index (κ3) is 2.15. The fourth-order valence-corrected chi connectivity index (χ4v) is 1.36. The number of benzene rings is 1. The van der Waals surface area contributed by atoms with Crippen molar-refractivity contribution in [1.82, 2.24) is 4.98 Å². The van der Waals surface area contributed by atoms with Crippen molar-refractivity contribution in [3.8, 4) is 0 Å². The molecule has 0 saturated carbocycles. The molecule has 1 aromatic heterocycles. The molecule has 1 aromatic carbocycles. The first-order valence-electron chi connectivity index (χ1n) is 3.39. The molecule has 0 N–H and O–H groups in total. The van der Waals surface area contributed by atoms with Gasteiger partial charge in [0.25, 0.3) is 0 Å². The smallest absolute Gasteiger partial charge is 0.740 e. The van der Waals surface area contributed by atoms with E-state index < -0.39 is 15.3 Å². The number of hydrogen-bond donors (Lipinski definition) is 0. The molecule has 2 aromatic rings. The third-order valence-corrected chi connectivity index (χ3v) is 2.09. The van der Waals surface area contributed by atoms with E-state index in [2.05, 4.69) is 4.98 Å². The molecule has 0 atom stereocenters.